The van der Waals surface area contributed by atoms with Crippen molar-refractivity contribution >= 4 is 41.2 Å². The Hall–Kier alpha value is -3.73. The number of nitrogens with zero attached hydrogens (tertiary/aromatic N) is 1. The Morgan fingerprint density at radius 3 is 2.40 bits per heavy atom. The molecule has 0 spiro atoms. The minimum atomic E-state index is -1.99. The Morgan fingerprint density at radius 1 is 1.04 bits per heavy atom. The maximum Gasteiger partial charge on any atom is 0.409 e. The number of aliphatic hydroxyl groups is 2. The maximum absolute atomic E-state index is 14.5. The third kappa shape index (κ3) is 7.66. The number of nitrogens with one attached hydrogen (secondary N) is 2. The number of epoxide rings is 1. The minimum Gasteiger partial charge on any atom is -0.495 e. The highest BCUT2D eigenvalue weighted by atomic mass is 35.5. The van der Waals surface area contributed by atoms with E-state index in [1.165, 1.54) is 40.1 Å². The van der Waals surface area contributed by atoms with E-state index in [1.807, 2.05) is 6.92 Å². The van der Waals surface area contributed by atoms with E-state index in [4.69, 9.17) is 40.0 Å². The Morgan fingerprint density at radius 2 is 1.75 bits per heavy atom. The zero-order chi connectivity index (χ0) is 38.3. The molecular formula is C36H48ClN3O12. The third-order valence-corrected chi connectivity index (χ3v) is 10.9. The van der Waals surface area contributed by atoms with Gasteiger partial charge in [-0.1, -0.05) is 36.8 Å². The van der Waals surface area contributed by atoms with Gasteiger partial charge in [0, 0.05) is 39.5 Å². The van der Waals surface area contributed by atoms with Crippen molar-refractivity contribution in [2.75, 3.05) is 32.8 Å². The molecule has 52 heavy (non-hydrogen) atoms. The van der Waals surface area contributed by atoms with Crippen LogP contribution < -0.4 is 20.3 Å². The fourth-order valence-corrected chi connectivity index (χ4v) is 7.45. The van der Waals surface area contributed by atoms with Crippen LogP contribution in [0.5, 0.6) is 5.75 Å². The minimum absolute atomic E-state index is 0.0818. The quantitative estimate of drug-likeness (QED) is 0.261. The number of carbonyl (C=O) groups excluding carboxylic acids is 4. The molecule has 1 aromatic carbocycles. The lowest BCUT2D eigenvalue weighted by molar-refractivity contribution is -0.159. The van der Waals surface area contributed by atoms with Crippen LogP contribution in [0, 0.1) is 5.92 Å². The first-order valence-corrected chi connectivity index (χ1v) is 17.5. The topological polar surface area (TPSA) is 195 Å². The predicted octanol–water partition coefficient (Wildman–Crippen LogP) is 2.84. The standard InChI is InChI=1S/C36H48ClN3O12/c1-18-10-9-11-25(48-7)36(46)17-24(50-33(44)39-36)19(2)30-35(5,52-30)26-16-27(41)40(13-12-34(4,45)32(43)38-20(3)31(42)51-26)22-14-21(29(18)49-8)15-23(47-6)28(22)37/h9-11,14-15,19-20,24-26,29-30,45-46H,12-13,16-17H2,1-8H3,(H,38,43)(H,39,44). The summed E-state index contributed by atoms with van der Waals surface area (Å²) in [5.74, 6) is -2.60. The normalized spacial score (nSPS) is 37.3. The largest absolute Gasteiger partial charge is 0.495 e. The molecule has 6 bridgehead atoms. The molecule has 0 saturated carbocycles. The summed E-state index contributed by atoms with van der Waals surface area (Å²) in [6, 6.07) is 2.15. The number of benzene rings is 1. The monoisotopic (exact) mass is 749 g/mol. The zero-order valence-electron chi connectivity index (χ0n) is 30.6. The molecule has 0 aromatic heterocycles. The van der Waals surface area contributed by atoms with E-state index in [2.05, 4.69) is 10.6 Å². The van der Waals surface area contributed by atoms with Crippen LogP contribution >= 0.6 is 11.6 Å². The molecule has 286 valence electrons. The molecule has 15 nitrogen and oxygen atoms in total. The van der Waals surface area contributed by atoms with E-state index >= 15 is 0 Å². The van der Waals surface area contributed by atoms with Gasteiger partial charge >= 0.3 is 12.1 Å². The van der Waals surface area contributed by atoms with Crippen LogP contribution in [0.15, 0.2) is 35.9 Å². The molecule has 10 atom stereocenters. The van der Waals surface area contributed by atoms with Crippen molar-refractivity contribution in [3.8, 4) is 5.75 Å². The van der Waals surface area contributed by atoms with Crippen LogP contribution in [0.3, 0.4) is 0 Å². The molecule has 16 heteroatoms. The maximum atomic E-state index is 14.5. The second-order valence-electron chi connectivity index (χ2n) is 14.3. The smallest absolute Gasteiger partial charge is 0.409 e. The van der Waals surface area contributed by atoms with Gasteiger partial charge in [0.05, 0.1) is 25.3 Å². The number of hydrogen-bond donors (Lipinski definition) is 4. The lowest BCUT2D eigenvalue weighted by Crippen LogP contribution is -2.63. The van der Waals surface area contributed by atoms with Crippen LogP contribution in [0.25, 0.3) is 0 Å². The van der Waals surface area contributed by atoms with Gasteiger partial charge in [-0.15, -0.1) is 0 Å². The molecule has 4 aliphatic rings. The highest BCUT2D eigenvalue weighted by Gasteiger charge is 2.64. The van der Waals surface area contributed by atoms with Gasteiger partial charge in [-0.2, -0.15) is 0 Å². The number of ether oxygens (including phenoxy) is 6. The van der Waals surface area contributed by atoms with Gasteiger partial charge in [0.15, 0.2) is 5.72 Å². The first-order valence-electron chi connectivity index (χ1n) is 17.1. The number of alkyl carbamates (subject to hydrolysis) is 1. The first kappa shape index (κ1) is 39.5. The van der Waals surface area contributed by atoms with Gasteiger partial charge in [0.25, 0.3) is 5.91 Å². The Labute approximate surface area is 307 Å². The molecule has 5 rings (SSSR count). The summed E-state index contributed by atoms with van der Waals surface area (Å²) in [6.45, 7) is 7.79. The summed E-state index contributed by atoms with van der Waals surface area (Å²) in [7, 11) is 4.33. The number of anilines is 1. The van der Waals surface area contributed by atoms with Crippen molar-refractivity contribution in [1.82, 2.24) is 10.6 Å². The van der Waals surface area contributed by atoms with Gasteiger partial charge in [0.1, 0.15) is 52.4 Å². The molecule has 1 aromatic rings. The molecular weight excluding hydrogens is 702 g/mol. The van der Waals surface area contributed by atoms with Crippen LogP contribution in [0.2, 0.25) is 5.02 Å². The van der Waals surface area contributed by atoms with Crippen molar-refractivity contribution in [2.24, 2.45) is 5.92 Å². The second kappa shape index (κ2) is 15.0. The number of amides is 3. The van der Waals surface area contributed by atoms with Crippen molar-refractivity contribution in [3.63, 3.8) is 0 Å². The van der Waals surface area contributed by atoms with Crippen LogP contribution in [0.1, 0.15) is 65.5 Å². The number of fused-ring (bicyclic) bond motifs is 10. The van der Waals surface area contributed by atoms with Gasteiger partial charge in [-0.05, 0) is 51.0 Å². The first-order chi connectivity index (χ1) is 24.4. The number of methoxy groups -OCH3 is 3. The number of esters is 1. The highest BCUT2D eigenvalue weighted by molar-refractivity contribution is 6.35. The van der Waals surface area contributed by atoms with Crippen LogP contribution in [-0.4, -0.2) is 109 Å². The average Bonchev–Trinajstić information content (AvgIpc) is 3.78. The average molecular weight is 750 g/mol. The van der Waals surface area contributed by atoms with Gasteiger partial charge in [-0.25, -0.2) is 9.59 Å². The Bertz CT molecular complexity index is 1650. The number of rotatable bonds is 3. The van der Waals surface area contributed by atoms with Crippen LogP contribution in [0.4, 0.5) is 10.5 Å². The molecule has 0 radical (unpaired) electrons. The molecule has 4 aliphatic heterocycles. The van der Waals surface area contributed by atoms with Gasteiger partial charge < -0.3 is 48.9 Å². The van der Waals surface area contributed by atoms with E-state index in [9.17, 15) is 29.4 Å². The summed E-state index contributed by atoms with van der Waals surface area (Å²) in [6.07, 6.45) is -1.04. The fourth-order valence-electron chi connectivity index (χ4n) is 7.17. The lowest BCUT2D eigenvalue weighted by Gasteiger charge is -2.42. The molecule has 3 saturated heterocycles. The van der Waals surface area contributed by atoms with Crippen molar-refractivity contribution in [1.29, 1.82) is 0 Å². The van der Waals surface area contributed by atoms with E-state index in [0.29, 0.717) is 11.1 Å². The molecule has 10 unspecified atom stereocenters. The number of allylic oxidation sites excluding steroid dienone is 2. The molecule has 0 aliphatic carbocycles. The second-order valence-corrected chi connectivity index (χ2v) is 14.7. The number of carbonyl (C=O) groups is 4. The van der Waals surface area contributed by atoms with Gasteiger partial charge in [0.2, 0.25) is 5.91 Å². The fraction of sp³-hybridized carbons (Fsp3) is 0.611. The van der Waals surface area contributed by atoms with Gasteiger partial charge in [-0.3, -0.25) is 14.9 Å². The Balaban J connectivity index is 1.70. The highest BCUT2D eigenvalue weighted by Crippen LogP contribution is 2.49. The van der Waals surface area contributed by atoms with Crippen molar-refractivity contribution < 1.29 is 57.8 Å². The number of halogens is 1. The predicted molar refractivity (Wildman–Crippen MR) is 187 cm³/mol. The summed E-state index contributed by atoms with van der Waals surface area (Å²) >= 11 is 6.89. The SMILES string of the molecule is COc1cc2cc(c1Cl)N1CCC(C)(O)C(=O)NC(C)C(=O)OC(CC1=O)C1(C)OC1C(C)C1CC(O)(NC(=O)O1)C(OC)C=CC=C(C)C2OC. The summed E-state index contributed by atoms with van der Waals surface area (Å²) in [5.41, 5.74) is -3.68. The van der Waals surface area contributed by atoms with E-state index in [0.717, 1.165) is 0 Å². The van der Waals surface area contributed by atoms with E-state index < -0.39 is 89.7 Å². The molecule has 4 heterocycles. The van der Waals surface area contributed by atoms with Crippen LogP contribution in [-0.2, 0) is 38.1 Å². The number of hydrogen-bond acceptors (Lipinski definition) is 12. The summed E-state index contributed by atoms with van der Waals surface area (Å²) in [4.78, 5) is 55.4. The van der Waals surface area contributed by atoms with Crippen molar-refractivity contribution in [2.45, 2.75) is 107 Å². The molecule has 4 N–H and O–H groups in total. The van der Waals surface area contributed by atoms with E-state index in [1.54, 1.807) is 44.2 Å². The van der Waals surface area contributed by atoms with Crippen molar-refractivity contribution in [3.05, 3.63) is 46.5 Å². The summed E-state index contributed by atoms with van der Waals surface area (Å²) < 4.78 is 34.9. The molecule has 3 amide bonds. The summed E-state index contributed by atoms with van der Waals surface area (Å²) in [5, 5.41) is 28.0. The lowest BCUT2D eigenvalue weighted by atomic mass is 9.83. The van der Waals surface area contributed by atoms with E-state index in [-0.39, 0.29) is 35.8 Å². The third-order valence-electron chi connectivity index (χ3n) is 10.5. The molecule has 3 fully saturated rings. The zero-order valence-corrected chi connectivity index (χ0v) is 31.3. The Kier molecular flexibility index (Phi) is 11.4.